The maximum atomic E-state index is 6.01. The Hall–Kier alpha value is -2.28. The lowest BCUT2D eigenvalue weighted by Gasteiger charge is -2.33. The van der Waals surface area contributed by atoms with E-state index in [9.17, 15) is 0 Å². The molecule has 0 bridgehead atoms. The molecule has 1 atom stereocenters. The molecule has 6 rings (SSSR count). The molecule has 0 saturated carbocycles. The van der Waals surface area contributed by atoms with Gasteiger partial charge in [0.2, 0.25) is 0 Å². The molecule has 5 heteroatoms. The average Bonchev–Trinajstić information content (AvgIpc) is 3.70. The summed E-state index contributed by atoms with van der Waals surface area (Å²) in [5.41, 5.74) is 10.9. The van der Waals surface area contributed by atoms with Gasteiger partial charge in [-0.15, -0.1) is 0 Å². The topological polar surface area (TPSA) is 27.7 Å². The minimum atomic E-state index is -0.216. The van der Waals surface area contributed by atoms with E-state index in [1.54, 1.807) is 0 Å². The van der Waals surface area contributed by atoms with Gasteiger partial charge in [-0.3, -0.25) is 0 Å². The van der Waals surface area contributed by atoms with Gasteiger partial charge in [0.25, 0.3) is 0 Å². The molecule has 2 aliphatic rings. The van der Waals surface area contributed by atoms with Gasteiger partial charge >= 0.3 is 0 Å². The highest BCUT2D eigenvalue weighted by atomic mass is 79.9. The number of hydrogen-bond donors (Lipinski definition) is 0. The highest BCUT2D eigenvalue weighted by Gasteiger charge is 2.42. The molecule has 3 nitrogen and oxygen atoms in total. The summed E-state index contributed by atoms with van der Waals surface area (Å²) in [5.74, 6) is 0. The summed E-state index contributed by atoms with van der Waals surface area (Å²) in [5, 5.41) is 0. The van der Waals surface area contributed by atoms with Gasteiger partial charge in [0.15, 0.2) is 6.29 Å². The van der Waals surface area contributed by atoms with Gasteiger partial charge in [0, 0.05) is 26.5 Å². The van der Waals surface area contributed by atoms with Crippen molar-refractivity contribution < 1.29 is 14.2 Å². The second-order valence-corrected chi connectivity index (χ2v) is 14.8. The van der Waals surface area contributed by atoms with Crippen LogP contribution in [-0.2, 0) is 32.5 Å². The monoisotopic (exact) mass is 744 g/mol. The number of ether oxygens (including phenoxy) is 3. The first kappa shape index (κ1) is 33.6. The number of fused-ring (bicyclic) bond motifs is 3. The van der Waals surface area contributed by atoms with Gasteiger partial charge < -0.3 is 14.2 Å². The zero-order valence-electron chi connectivity index (χ0n) is 27.2. The van der Waals surface area contributed by atoms with Crippen molar-refractivity contribution in [1.82, 2.24) is 0 Å². The first-order valence-electron chi connectivity index (χ1n) is 17.1. The van der Waals surface area contributed by atoms with Gasteiger partial charge in [-0.2, -0.15) is 0 Å². The van der Waals surface area contributed by atoms with Crippen LogP contribution < -0.4 is 0 Å². The molecule has 4 aromatic carbocycles. The minimum Gasteiger partial charge on any atom is -0.374 e. The fraction of sp³-hybridized carbons (Fsp3) is 0.415. The number of unbranched alkanes of at least 4 members (excludes halogenated alkanes) is 2. The summed E-state index contributed by atoms with van der Waals surface area (Å²) in [7, 11) is 0. The van der Waals surface area contributed by atoms with Crippen LogP contribution in [-0.4, -0.2) is 19.8 Å². The molecule has 242 valence electrons. The highest BCUT2D eigenvalue weighted by Crippen LogP contribution is 2.55. The maximum absolute atomic E-state index is 6.01. The summed E-state index contributed by atoms with van der Waals surface area (Å²) in [6, 6.07) is 31.6. The van der Waals surface area contributed by atoms with Crippen LogP contribution in [0.25, 0.3) is 11.1 Å². The van der Waals surface area contributed by atoms with E-state index in [4.69, 9.17) is 14.2 Å². The fourth-order valence-corrected chi connectivity index (χ4v) is 8.18. The lowest BCUT2D eigenvalue weighted by atomic mass is 9.70. The third-order valence-electron chi connectivity index (χ3n) is 9.76. The molecule has 0 amide bonds. The molecule has 1 fully saturated rings. The van der Waals surface area contributed by atoms with Crippen LogP contribution in [0.2, 0.25) is 0 Å². The molecule has 1 heterocycles. The van der Waals surface area contributed by atoms with Crippen LogP contribution in [0.3, 0.4) is 0 Å². The van der Waals surface area contributed by atoms with Crippen molar-refractivity contribution in [2.75, 3.05) is 19.8 Å². The molecule has 1 aliphatic heterocycles. The smallest absolute Gasteiger partial charge is 0.184 e. The minimum absolute atomic E-state index is 0.00401. The van der Waals surface area contributed by atoms with Gasteiger partial charge in [-0.25, -0.2) is 0 Å². The zero-order valence-corrected chi connectivity index (χ0v) is 30.4. The van der Waals surface area contributed by atoms with E-state index < -0.39 is 0 Å². The molecular formula is C41H46Br2O3. The standard InChI is InChI=1S/C41H46Br2O3/c1-3-22-44-29(2)32-14-8-12-30(25-32)10-4-6-20-41(21-7-5-11-31-13-9-15-33(26-31)40-45-23-24-46-40)38-27-34(42)16-18-36(38)37-19-17-35(43)28-39(37)41/h8-9,12-19,25-29,40H,3-7,10-11,20-24H2,1-2H3. The van der Waals surface area contributed by atoms with E-state index in [-0.39, 0.29) is 17.8 Å². The third kappa shape index (κ3) is 7.71. The predicted octanol–water partition coefficient (Wildman–Crippen LogP) is 11.8. The van der Waals surface area contributed by atoms with Crippen molar-refractivity contribution in [3.8, 4) is 11.1 Å². The quantitative estimate of drug-likeness (QED) is 0.113. The summed E-state index contributed by atoms with van der Waals surface area (Å²) < 4.78 is 19.8. The molecule has 0 radical (unpaired) electrons. The highest BCUT2D eigenvalue weighted by molar-refractivity contribution is 9.10. The number of benzene rings is 4. The van der Waals surface area contributed by atoms with E-state index in [0.717, 1.165) is 66.1 Å². The van der Waals surface area contributed by atoms with Crippen LogP contribution in [0.5, 0.6) is 0 Å². The van der Waals surface area contributed by atoms with Crippen LogP contribution in [0, 0.1) is 0 Å². The van der Waals surface area contributed by atoms with Crippen molar-refractivity contribution in [3.63, 3.8) is 0 Å². The summed E-state index contributed by atoms with van der Waals surface area (Å²) in [6.45, 7) is 6.48. The maximum Gasteiger partial charge on any atom is 0.184 e. The van der Waals surface area contributed by atoms with E-state index in [0.29, 0.717) is 13.2 Å². The van der Waals surface area contributed by atoms with Crippen LogP contribution in [0.1, 0.15) is 105 Å². The van der Waals surface area contributed by atoms with Crippen LogP contribution >= 0.6 is 31.9 Å². The van der Waals surface area contributed by atoms with Gasteiger partial charge in [-0.1, -0.05) is 112 Å². The lowest BCUT2D eigenvalue weighted by Crippen LogP contribution is -2.25. The van der Waals surface area contributed by atoms with Gasteiger partial charge in [0.05, 0.1) is 19.3 Å². The lowest BCUT2D eigenvalue weighted by molar-refractivity contribution is -0.0441. The SMILES string of the molecule is CCCOC(C)c1cccc(CCCCC2(CCCCc3cccc(C4OCCO4)c3)c3cc(Br)ccc3-c3ccc(Br)cc32)c1. The van der Waals surface area contributed by atoms with E-state index in [1.165, 1.54) is 51.8 Å². The van der Waals surface area contributed by atoms with Gasteiger partial charge in [0.1, 0.15) is 0 Å². The fourth-order valence-electron chi connectivity index (χ4n) is 7.45. The third-order valence-corrected chi connectivity index (χ3v) is 10.7. The van der Waals surface area contributed by atoms with E-state index in [1.807, 2.05) is 0 Å². The largest absolute Gasteiger partial charge is 0.374 e. The van der Waals surface area contributed by atoms with Gasteiger partial charge in [-0.05, 0) is 115 Å². The molecule has 4 aromatic rings. The molecule has 46 heavy (non-hydrogen) atoms. The Morgan fingerprint density at radius 1 is 0.739 bits per heavy atom. The molecule has 1 unspecified atom stereocenters. The second-order valence-electron chi connectivity index (χ2n) is 13.0. The number of halogens is 2. The zero-order chi connectivity index (χ0) is 31.9. The number of rotatable bonds is 15. The predicted molar refractivity (Wildman–Crippen MR) is 195 cm³/mol. The Labute approximate surface area is 292 Å². The Bertz CT molecular complexity index is 1560. The van der Waals surface area contributed by atoms with Crippen molar-refractivity contribution in [1.29, 1.82) is 0 Å². The summed E-state index contributed by atoms with van der Waals surface area (Å²) in [6.07, 6.45) is 10.0. The Balaban J connectivity index is 1.18. The van der Waals surface area contributed by atoms with Crippen LogP contribution in [0.15, 0.2) is 93.9 Å². The molecule has 1 aliphatic carbocycles. The summed E-state index contributed by atoms with van der Waals surface area (Å²) >= 11 is 7.66. The van der Waals surface area contributed by atoms with E-state index in [2.05, 4.69) is 131 Å². The number of hydrogen-bond acceptors (Lipinski definition) is 3. The molecule has 0 spiro atoms. The van der Waals surface area contributed by atoms with Crippen molar-refractivity contribution in [3.05, 3.63) is 127 Å². The first-order valence-corrected chi connectivity index (χ1v) is 18.7. The van der Waals surface area contributed by atoms with Crippen LogP contribution in [0.4, 0.5) is 0 Å². The Kier molecular flexibility index (Phi) is 11.5. The van der Waals surface area contributed by atoms with E-state index >= 15 is 0 Å². The molecule has 0 N–H and O–H groups in total. The molecular weight excluding hydrogens is 700 g/mol. The average molecular weight is 747 g/mol. The molecule has 0 aromatic heterocycles. The second kappa shape index (κ2) is 15.7. The Morgan fingerprint density at radius 2 is 1.33 bits per heavy atom. The normalized spacial score (nSPS) is 16.0. The van der Waals surface area contributed by atoms with Crippen molar-refractivity contribution in [2.45, 2.75) is 89.4 Å². The first-order chi connectivity index (χ1) is 22.5. The van der Waals surface area contributed by atoms with Crippen molar-refractivity contribution in [2.24, 2.45) is 0 Å². The van der Waals surface area contributed by atoms with Crippen molar-refractivity contribution >= 4 is 31.9 Å². The summed E-state index contributed by atoms with van der Waals surface area (Å²) in [4.78, 5) is 0. The Morgan fingerprint density at radius 3 is 1.93 bits per heavy atom. The number of aryl methyl sites for hydroxylation is 2. The molecule has 1 saturated heterocycles.